The lowest BCUT2D eigenvalue weighted by atomic mass is 10.3. The van der Waals surface area contributed by atoms with Gasteiger partial charge in [0.05, 0.1) is 28.5 Å². The third-order valence-corrected chi connectivity index (χ3v) is 5.68. The van der Waals surface area contributed by atoms with E-state index in [1.54, 1.807) is 18.6 Å². The Morgan fingerprint density at radius 1 is 1.48 bits per heavy atom. The van der Waals surface area contributed by atoms with Crippen molar-refractivity contribution >= 4 is 61.1 Å². The Hall–Kier alpha value is -2.50. The van der Waals surface area contributed by atoms with E-state index in [9.17, 15) is 14.9 Å². The second kappa shape index (κ2) is 7.59. The summed E-state index contributed by atoms with van der Waals surface area (Å²) in [6.45, 7) is 0. The first kappa shape index (κ1) is 17.3. The van der Waals surface area contributed by atoms with E-state index >= 15 is 0 Å². The van der Waals surface area contributed by atoms with E-state index in [0.29, 0.717) is 15.7 Å². The van der Waals surface area contributed by atoms with E-state index in [1.807, 2.05) is 12.1 Å². The Bertz CT molecular complexity index is 966. The highest BCUT2D eigenvalue weighted by Gasteiger charge is 2.11. The van der Waals surface area contributed by atoms with Crippen LogP contribution in [-0.4, -0.2) is 28.5 Å². The fraction of sp³-hybridized carbons (Fsp3) is 0.0714. The average Bonchev–Trinajstić information content (AvgIpc) is 3.20. The molecule has 0 aliphatic carbocycles. The molecule has 1 N–H and O–H groups in total. The molecule has 0 saturated heterocycles. The quantitative estimate of drug-likeness (QED) is 0.302. The Kier molecular flexibility index (Phi) is 5.26. The number of benzene rings is 1. The topological polar surface area (TPSA) is 107 Å². The van der Waals surface area contributed by atoms with Crippen molar-refractivity contribution in [2.24, 2.45) is 5.10 Å². The van der Waals surface area contributed by atoms with Crippen LogP contribution in [0.4, 0.5) is 9.80 Å². The van der Waals surface area contributed by atoms with Gasteiger partial charge in [0.2, 0.25) is 0 Å². The number of rotatable bonds is 5. The molecule has 0 unspecified atom stereocenters. The number of carbonyl (C=O) groups is 1. The van der Waals surface area contributed by atoms with Crippen LogP contribution in [0.1, 0.15) is 5.56 Å². The first-order valence-corrected chi connectivity index (χ1v) is 9.25. The zero-order valence-corrected chi connectivity index (χ0v) is 15.1. The van der Waals surface area contributed by atoms with E-state index in [2.05, 4.69) is 15.5 Å². The molecule has 0 aliphatic rings. The molecule has 3 aromatic rings. The van der Waals surface area contributed by atoms with Gasteiger partial charge in [-0.1, -0.05) is 11.3 Å². The molecule has 0 aliphatic heterocycles. The molecule has 2 aromatic heterocycles. The van der Waals surface area contributed by atoms with Crippen LogP contribution in [0.3, 0.4) is 0 Å². The number of methoxy groups -OCH3 is 1. The van der Waals surface area contributed by atoms with E-state index in [1.165, 1.54) is 23.6 Å². The Labute approximate surface area is 153 Å². The minimum atomic E-state index is -0.474. The van der Waals surface area contributed by atoms with Crippen LogP contribution >= 0.6 is 34.4 Å². The van der Waals surface area contributed by atoms with Crippen LogP contribution < -0.4 is 10.2 Å². The van der Waals surface area contributed by atoms with Gasteiger partial charge in [0.25, 0.3) is 0 Å². The number of thiazole rings is 1. The molecule has 8 nitrogen and oxygen atoms in total. The number of nitro groups is 1. The molecule has 1 aromatic carbocycles. The number of nitrogens with zero attached hydrogens (tertiary/aromatic N) is 3. The van der Waals surface area contributed by atoms with Gasteiger partial charge in [-0.25, -0.2) is 10.4 Å². The number of thiophene rings is 1. The molecule has 3 rings (SSSR count). The number of carbonyl (C=O) groups excluding carboxylic acids is 1. The van der Waals surface area contributed by atoms with Crippen LogP contribution in [0.25, 0.3) is 10.2 Å². The molecule has 0 radical (unpaired) electrons. The maximum Gasteiger partial charge on any atom is 0.324 e. The maximum atomic E-state index is 11.9. The predicted octanol–water partition coefficient (Wildman–Crippen LogP) is 4.11. The highest BCUT2D eigenvalue weighted by atomic mass is 32.2. The summed E-state index contributed by atoms with van der Waals surface area (Å²) in [7, 11) is 1.58. The Morgan fingerprint density at radius 3 is 3.04 bits per heavy atom. The fourth-order valence-electron chi connectivity index (χ4n) is 1.82. The monoisotopic (exact) mass is 394 g/mol. The van der Waals surface area contributed by atoms with Gasteiger partial charge in [0, 0.05) is 34.8 Å². The minimum absolute atomic E-state index is 0.0204. The van der Waals surface area contributed by atoms with Crippen LogP contribution in [-0.2, 0) is 0 Å². The van der Waals surface area contributed by atoms with Crippen LogP contribution in [0.5, 0.6) is 5.75 Å². The van der Waals surface area contributed by atoms with Crippen LogP contribution in [0, 0.1) is 10.1 Å². The molecule has 2 heterocycles. The highest BCUT2D eigenvalue weighted by molar-refractivity contribution is 8.14. The Balaban J connectivity index is 1.60. The van der Waals surface area contributed by atoms with Crippen LogP contribution in [0.2, 0.25) is 0 Å². The summed E-state index contributed by atoms with van der Waals surface area (Å²) < 4.78 is 6.68. The summed E-state index contributed by atoms with van der Waals surface area (Å²) in [5.74, 6) is 0.702. The molecule has 1 amide bonds. The minimum Gasteiger partial charge on any atom is -0.497 e. The van der Waals surface area contributed by atoms with E-state index in [0.717, 1.165) is 33.3 Å². The highest BCUT2D eigenvalue weighted by Crippen LogP contribution is 2.31. The number of amides is 1. The van der Waals surface area contributed by atoms with Crippen molar-refractivity contribution in [2.75, 3.05) is 7.11 Å². The van der Waals surface area contributed by atoms with Gasteiger partial charge in [0.1, 0.15) is 5.75 Å². The normalized spacial score (nSPS) is 11.1. The SMILES string of the molecule is COc1ccc2sc(SC(=O)N/N=C\c3csc([N+](=O)[O-])c3)nc2c1. The van der Waals surface area contributed by atoms with Crippen LogP contribution in [0.15, 0.2) is 39.1 Å². The third-order valence-electron chi connectivity index (χ3n) is 2.91. The summed E-state index contributed by atoms with van der Waals surface area (Å²) in [5, 5.41) is 15.6. The lowest BCUT2D eigenvalue weighted by Crippen LogP contribution is -2.10. The number of hydrogen-bond donors (Lipinski definition) is 1. The number of aromatic nitrogens is 1. The molecule has 0 fully saturated rings. The summed E-state index contributed by atoms with van der Waals surface area (Å²) in [6, 6.07) is 6.90. The lowest BCUT2D eigenvalue weighted by Gasteiger charge is -1.96. The van der Waals surface area contributed by atoms with Gasteiger partial charge in [-0.3, -0.25) is 14.9 Å². The van der Waals surface area contributed by atoms with Crippen molar-refractivity contribution in [1.82, 2.24) is 10.4 Å². The molecule has 0 spiro atoms. The Morgan fingerprint density at radius 2 is 2.32 bits per heavy atom. The van der Waals surface area contributed by atoms with Crippen molar-refractivity contribution in [3.8, 4) is 5.75 Å². The molecule has 25 heavy (non-hydrogen) atoms. The van der Waals surface area contributed by atoms with E-state index in [4.69, 9.17) is 4.74 Å². The van der Waals surface area contributed by atoms with Gasteiger partial charge < -0.3 is 4.74 Å². The smallest absolute Gasteiger partial charge is 0.324 e. The third kappa shape index (κ3) is 4.32. The number of nitrogens with one attached hydrogen (secondary N) is 1. The molecule has 128 valence electrons. The largest absolute Gasteiger partial charge is 0.497 e. The average molecular weight is 394 g/mol. The summed E-state index contributed by atoms with van der Waals surface area (Å²) in [5.41, 5.74) is 3.66. The maximum absolute atomic E-state index is 11.9. The fourth-order valence-corrected chi connectivity index (χ4v) is 4.24. The number of fused-ring (bicyclic) bond motifs is 1. The van der Waals surface area contributed by atoms with Crippen molar-refractivity contribution in [2.45, 2.75) is 4.34 Å². The number of ether oxygens (including phenoxy) is 1. The lowest BCUT2D eigenvalue weighted by molar-refractivity contribution is -0.380. The molecule has 11 heteroatoms. The van der Waals surface area contributed by atoms with E-state index in [-0.39, 0.29) is 5.00 Å². The summed E-state index contributed by atoms with van der Waals surface area (Å²) in [4.78, 5) is 26.4. The molecule has 0 bridgehead atoms. The van der Waals surface area contributed by atoms with Crippen molar-refractivity contribution < 1.29 is 14.5 Å². The first-order chi connectivity index (χ1) is 12.0. The first-order valence-electron chi connectivity index (χ1n) is 6.73. The molecule has 0 saturated carbocycles. The van der Waals surface area contributed by atoms with Gasteiger partial charge in [-0.2, -0.15) is 5.10 Å². The zero-order chi connectivity index (χ0) is 17.8. The standard InChI is InChI=1S/C14H10N4O4S3/c1-22-9-2-3-11-10(5-9)16-14(24-11)25-13(19)17-15-6-8-4-12(18(20)21)23-7-8/h2-7H,1H3,(H,17,19)/b15-6-. The number of hydrazone groups is 1. The summed E-state index contributed by atoms with van der Waals surface area (Å²) >= 11 is 3.31. The summed E-state index contributed by atoms with van der Waals surface area (Å²) in [6.07, 6.45) is 1.35. The van der Waals surface area contributed by atoms with Gasteiger partial charge in [0.15, 0.2) is 4.34 Å². The molecular formula is C14H10N4O4S3. The van der Waals surface area contributed by atoms with Gasteiger partial charge >= 0.3 is 10.2 Å². The second-order valence-corrected chi connectivity index (χ2v) is 7.69. The number of hydrogen-bond acceptors (Lipinski definition) is 9. The molecular weight excluding hydrogens is 384 g/mol. The van der Waals surface area contributed by atoms with Crippen molar-refractivity contribution in [1.29, 1.82) is 0 Å². The zero-order valence-electron chi connectivity index (χ0n) is 12.7. The van der Waals surface area contributed by atoms with Gasteiger partial charge in [-0.05, 0) is 12.1 Å². The molecule has 0 atom stereocenters. The van der Waals surface area contributed by atoms with Crippen molar-refractivity contribution in [3.63, 3.8) is 0 Å². The predicted molar refractivity (Wildman–Crippen MR) is 99.1 cm³/mol. The van der Waals surface area contributed by atoms with Gasteiger partial charge in [-0.15, -0.1) is 11.3 Å². The van der Waals surface area contributed by atoms with Crippen molar-refractivity contribution in [3.05, 3.63) is 45.3 Å². The number of thioether (sulfide) groups is 1. The van der Waals surface area contributed by atoms with E-state index < -0.39 is 10.2 Å². The second-order valence-electron chi connectivity index (χ2n) is 4.55.